The van der Waals surface area contributed by atoms with Gasteiger partial charge in [0.25, 0.3) is 5.91 Å². The normalized spacial score (nSPS) is 14.4. The molecule has 2 aromatic rings. The minimum atomic E-state index is -0.512. The highest BCUT2D eigenvalue weighted by Gasteiger charge is 2.26. The Bertz CT molecular complexity index is 906. The summed E-state index contributed by atoms with van der Waals surface area (Å²) in [7, 11) is 0. The number of piperidine rings is 1. The summed E-state index contributed by atoms with van der Waals surface area (Å²) in [6.45, 7) is 3.18. The number of aromatic nitrogens is 2. The Balaban J connectivity index is 1.50. The topological polar surface area (TPSA) is 104 Å². The summed E-state index contributed by atoms with van der Waals surface area (Å²) in [5.41, 5.74) is 1.09. The molecular formula is C21H25FN4O4. The van der Waals surface area contributed by atoms with Crippen molar-refractivity contribution >= 4 is 23.5 Å². The number of hydrogen-bond acceptors (Lipinski definition) is 5. The van der Waals surface area contributed by atoms with E-state index in [4.69, 9.17) is 4.74 Å². The molecule has 30 heavy (non-hydrogen) atoms. The lowest BCUT2D eigenvalue weighted by molar-refractivity contribution is -0.145. The van der Waals surface area contributed by atoms with Crippen LogP contribution in [0, 0.1) is 5.82 Å². The second-order valence-electron chi connectivity index (χ2n) is 7.10. The third-order valence-corrected chi connectivity index (χ3v) is 5.09. The van der Waals surface area contributed by atoms with E-state index in [1.165, 1.54) is 12.1 Å². The van der Waals surface area contributed by atoms with Crippen LogP contribution in [0.3, 0.4) is 0 Å². The Morgan fingerprint density at radius 2 is 1.97 bits per heavy atom. The molecule has 1 aromatic heterocycles. The maximum Gasteiger partial charge on any atom is 0.306 e. The molecule has 1 aliphatic heterocycles. The third-order valence-electron chi connectivity index (χ3n) is 5.09. The van der Waals surface area contributed by atoms with E-state index < -0.39 is 11.7 Å². The van der Waals surface area contributed by atoms with Gasteiger partial charge in [0.1, 0.15) is 5.82 Å². The van der Waals surface area contributed by atoms with Gasteiger partial charge in [0.2, 0.25) is 5.91 Å². The SMILES string of the molecule is CCOC(=O)CCC(=O)N1CCC(c2cc(C(=O)Nc3ccccc3F)n[nH]2)CC1. The van der Waals surface area contributed by atoms with Crippen LogP contribution in [0.25, 0.3) is 0 Å². The fourth-order valence-corrected chi connectivity index (χ4v) is 3.45. The first kappa shape index (κ1) is 21.5. The zero-order chi connectivity index (χ0) is 21.5. The van der Waals surface area contributed by atoms with E-state index in [0.29, 0.717) is 19.7 Å². The minimum Gasteiger partial charge on any atom is -0.466 e. The van der Waals surface area contributed by atoms with Crippen molar-refractivity contribution in [3.8, 4) is 0 Å². The number of aromatic amines is 1. The smallest absolute Gasteiger partial charge is 0.306 e. The summed E-state index contributed by atoms with van der Waals surface area (Å²) in [6.07, 6.45) is 1.69. The maximum absolute atomic E-state index is 13.7. The quantitative estimate of drug-likeness (QED) is 0.676. The molecule has 2 amide bonds. The van der Waals surface area contributed by atoms with Crippen LogP contribution in [0.5, 0.6) is 0 Å². The molecule has 8 nitrogen and oxygen atoms in total. The lowest BCUT2D eigenvalue weighted by atomic mass is 9.93. The molecule has 3 rings (SSSR count). The molecule has 0 spiro atoms. The maximum atomic E-state index is 13.7. The first-order valence-corrected chi connectivity index (χ1v) is 10.0. The number of nitrogens with zero attached hydrogens (tertiary/aromatic N) is 2. The first-order chi connectivity index (χ1) is 14.5. The molecular weight excluding hydrogens is 391 g/mol. The predicted octanol–water partition coefficient (Wildman–Crippen LogP) is 2.85. The standard InChI is InChI=1S/C21H25FN4O4/c1-2-30-20(28)8-7-19(27)26-11-9-14(10-12-26)17-13-18(25-24-17)21(29)23-16-6-4-3-5-15(16)22/h3-6,13-14H,2,7-12H2,1H3,(H,23,29)(H,24,25). The van der Waals surface area contributed by atoms with Crippen molar-refractivity contribution in [3.63, 3.8) is 0 Å². The highest BCUT2D eigenvalue weighted by atomic mass is 19.1. The number of ether oxygens (including phenoxy) is 1. The van der Waals surface area contributed by atoms with E-state index in [0.717, 1.165) is 18.5 Å². The predicted molar refractivity (Wildman–Crippen MR) is 107 cm³/mol. The van der Waals surface area contributed by atoms with Gasteiger partial charge in [-0.3, -0.25) is 19.5 Å². The number of amides is 2. The first-order valence-electron chi connectivity index (χ1n) is 10.0. The number of hydrogen-bond donors (Lipinski definition) is 2. The molecule has 0 atom stereocenters. The van der Waals surface area contributed by atoms with E-state index in [1.54, 1.807) is 30.0 Å². The summed E-state index contributed by atoms with van der Waals surface area (Å²) >= 11 is 0. The fourth-order valence-electron chi connectivity index (χ4n) is 3.45. The number of rotatable bonds is 7. The zero-order valence-corrected chi connectivity index (χ0v) is 16.8. The van der Waals surface area contributed by atoms with Crippen molar-refractivity contribution in [2.24, 2.45) is 0 Å². The van der Waals surface area contributed by atoms with Crippen molar-refractivity contribution in [2.45, 2.75) is 38.5 Å². The number of anilines is 1. The Labute approximate surface area is 173 Å². The summed E-state index contributed by atoms with van der Waals surface area (Å²) in [5, 5.41) is 9.44. The van der Waals surface area contributed by atoms with Gasteiger partial charge >= 0.3 is 5.97 Å². The Morgan fingerprint density at radius 3 is 2.67 bits per heavy atom. The van der Waals surface area contributed by atoms with Crippen LogP contribution in [0.15, 0.2) is 30.3 Å². The summed E-state index contributed by atoms with van der Waals surface area (Å²) in [6, 6.07) is 7.60. The van der Waals surface area contributed by atoms with E-state index in [2.05, 4.69) is 15.5 Å². The van der Waals surface area contributed by atoms with E-state index >= 15 is 0 Å². The number of halogens is 1. The molecule has 0 unspecified atom stereocenters. The summed E-state index contributed by atoms with van der Waals surface area (Å²) in [5.74, 6) is -1.28. The average molecular weight is 416 g/mol. The number of benzene rings is 1. The van der Waals surface area contributed by atoms with Crippen LogP contribution in [-0.2, 0) is 14.3 Å². The fraction of sp³-hybridized carbons (Fsp3) is 0.429. The molecule has 160 valence electrons. The van der Waals surface area contributed by atoms with Crippen LogP contribution in [0.2, 0.25) is 0 Å². The van der Waals surface area contributed by atoms with Crippen LogP contribution < -0.4 is 5.32 Å². The highest BCUT2D eigenvalue weighted by Crippen LogP contribution is 2.27. The highest BCUT2D eigenvalue weighted by molar-refractivity contribution is 6.03. The zero-order valence-electron chi connectivity index (χ0n) is 16.8. The molecule has 1 aromatic carbocycles. The van der Waals surface area contributed by atoms with Gasteiger partial charge in [-0.15, -0.1) is 0 Å². The number of H-pyrrole nitrogens is 1. The van der Waals surface area contributed by atoms with Gasteiger partial charge in [0.15, 0.2) is 5.69 Å². The molecule has 0 radical (unpaired) electrons. The molecule has 9 heteroatoms. The lowest BCUT2D eigenvalue weighted by Gasteiger charge is -2.31. The molecule has 0 bridgehead atoms. The van der Waals surface area contributed by atoms with Crippen LogP contribution in [-0.4, -0.2) is 52.6 Å². The van der Waals surface area contributed by atoms with Crippen LogP contribution in [0.4, 0.5) is 10.1 Å². The molecule has 2 heterocycles. The van der Waals surface area contributed by atoms with Crippen molar-refractivity contribution in [1.82, 2.24) is 15.1 Å². The monoisotopic (exact) mass is 416 g/mol. The van der Waals surface area contributed by atoms with Crippen LogP contribution in [0.1, 0.15) is 54.7 Å². The number of carbonyl (C=O) groups excluding carboxylic acids is 3. The van der Waals surface area contributed by atoms with Gasteiger partial charge in [-0.2, -0.15) is 5.10 Å². The molecule has 0 aliphatic carbocycles. The number of esters is 1. The van der Waals surface area contributed by atoms with E-state index in [1.807, 2.05) is 0 Å². The minimum absolute atomic E-state index is 0.0592. The molecule has 1 saturated heterocycles. The van der Waals surface area contributed by atoms with Crippen molar-refractivity contribution in [1.29, 1.82) is 0 Å². The van der Waals surface area contributed by atoms with Crippen molar-refractivity contribution < 1.29 is 23.5 Å². The Hall–Kier alpha value is -3.23. The average Bonchev–Trinajstić information content (AvgIpc) is 3.24. The second kappa shape index (κ2) is 10.00. The van der Waals surface area contributed by atoms with Gasteiger partial charge in [-0.1, -0.05) is 12.1 Å². The van der Waals surface area contributed by atoms with E-state index in [-0.39, 0.29) is 42.0 Å². The van der Waals surface area contributed by atoms with E-state index in [9.17, 15) is 18.8 Å². The van der Waals surface area contributed by atoms with Gasteiger partial charge in [0.05, 0.1) is 18.7 Å². The largest absolute Gasteiger partial charge is 0.466 e. The number of carbonyl (C=O) groups is 3. The van der Waals surface area contributed by atoms with Crippen molar-refractivity contribution in [2.75, 3.05) is 25.0 Å². The number of nitrogens with one attached hydrogen (secondary N) is 2. The van der Waals surface area contributed by atoms with Gasteiger partial charge in [-0.05, 0) is 38.0 Å². The van der Waals surface area contributed by atoms with Gasteiger partial charge in [-0.25, -0.2) is 4.39 Å². The summed E-state index contributed by atoms with van der Waals surface area (Å²) in [4.78, 5) is 37.7. The number of likely N-dealkylation sites (tertiary alicyclic amines) is 1. The van der Waals surface area contributed by atoms with Gasteiger partial charge in [0, 0.05) is 31.1 Å². The van der Waals surface area contributed by atoms with Crippen molar-refractivity contribution in [3.05, 3.63) is 47.5 Å². The molecule has 0 saturated carbocycles. The molecule has 1 fully saturated rings. The van der Waals surface area contributed by atoms with Gasteiger partial charge < -0.3 is 15.0 Å². The summed E-state index contributed by atoms with van der Waals surface area (Å²) < 4.78 is 18.5. The number of para-hydroxylation sites is 1. The third kappa shape index (κ3) is 5.43. The van der Waals surface area contributed by atoms with Crippen LogP contribution >= 0.6 is 0 Å². The molecule has 2 N–H and O–H groups in total. The Kier molecular flexibility index (Phi) is 7.16. The second-order valence-corrected chi connectivity index (χ2v) is 7.10. The Morgan fingerprint density at radius 1 is 1.23 bits per heavy atom. The lowest BCUT2D eigenvalue weighted by Crippen LogP contribution is -2.38. The molecule has 1 aliphatic rings.